The standard InChI is InChI=1S/C15H16ClN3/c1-10-6-7-11-4-2-3-5-14(11)19(10)15-13(17)8-12(16)9-18-15/h2-5,8-10H,6-7,17H2,1H3. The van der Waals surface area contributed by atoms with Gasteiger partial charge in [-0.1, -0.05) is 29.8 Å². The van der Waals surface area contributed by atoms with Crippen LogP contribution in [0.4, 0.5) is 17.2 Å². The maximum atomic E-state index is 6.08. The van der Waals surface area contributed by atoms with Gasteiger partial charge in [-0.25, -0.2) is 4.98 Å². The van der Waals surface area contributed by atoms with Gasteiger partial charge in [0.05, 0.1) is 10.7 Å². The van der Waals surface area contributed by atoms with Crippen molar-refractivity contribution < 1.29 is 0 Å². The van der Waals surface area contributed by atoms with E-state index >= 15 is 0 Å². The van der Waals surface area contributed by atoms with Gasteiger partial charge in [-0.05, 0) is 37.5 Å². The molecule has 1 atom stereocenters. The van der Waals surface area contributed by atoms with E-state index in [-0.39, 0.29) is 0 Å². The monoisotopic (exact) mass is 273 g/mol. The number of nitrogens with two attached hydrogens (primary N) is 1. The van der Waals surface area contributed by atoms with E-state index < -0.39 is 0 Å². The molecule has 0 fully saturated rings. The van der Waals surface area contributed by atoms with Crippen LogP contribution in [0.5, 0.6) is 0 Å². The fourth-order valence-electron chi connectivity index (χ4n) is 2.66. The van der Waals surface area contributed by atoms with Gasteiger partial charge in [0, 0.05) is 17.9 Å². The molecule has 1 aliphatic heterocycles. The number of nitrogens with zero attached hydrogens (tertiary/aromatic N) is 2. The quantitative estimate of drug-likeness (QED) is 0.859. The fourth-order valence-corrected chi connectivity index (χ4v) is 2.83. The largest absolute Gasteiger partial charge is 0.396 e. The van der Waals surface area contributed by atoms with Gasteiger partial charge in [0.15, 0.2) is 5.82 Å². The maximum absolute atomic E-state index is 6.08. The second-order valence-electron chi connectivity index (χ2n) is 4.95. The number of hydrogen-bond acceptors (Lipinski definition) is 3. The molecular weight excluding hydrogens is 258 g/mol. The van der Waals surface area contributed by atoms with E-state index in [1.807, 2.05) is 0 Å². The number of rotatable bonds is 1. The second kappa shape index (κ2) is 4.74. The molecule has 0 spiro atoms. The summed E-state index contributed by atoms with van der Waals surface area (Å²) in [7, 11) is 0. The van der Waals surface area contributed by atoms with Crippen LogP contribution in [0.15, 0.2) is 36.5 Å². The van der Waals surface area contributed by atoms with Crippen LogP contribution in [0.3, 0.4) is 0 Å². The number of pyridine rings is 1. The molecule has 0 bridgehead atoms. The van der Waals surface area contributed by atoms with E-state index in [9.17, 15) is 0 Å². The molecule has 0 saturated carbocycles. The third kappa shape index (κ3) is 2.15. The van der Waals surface area contributed by atoms with E-state index in [1.165, 1.54) is 11.3 Å². The summed E-state index contributed by atoms with van der Waals surface area (Å²) in [6.07, 6.45) is 3.85. The number of fused-ring (bicyclic) bond motifs is 1. The van der Waals surface area contributed by atoms with Crippen molar-refractivity contribution in [2.45, 2.75) is 25.8 Å². The third-order valence-corrected chi connectivity index (χ3v) is 3.82. The Bertz CT molecular complexity index is 612. The molecular formula is C15H16ClN3. The first kappa shape index (κ1) is 12.3. The predicted molar refractivity (Wildman–Crippen MR) is 80.0 cm³/mol. The highest BCUT2D eigenvalue weighted by Gasteiger charge is 2.26. The van der Waals surface area contributed by atoms with Gasteiger partial charge in [-0.3, -0.25) is 0 Å². The number of benzene rings is 1. The van der Waals surface area contributed by atoms with Crippen LogP contribution in [0.25, 0.3) is 0 Å². The van der Waals surface area contributed by atoms with Gasteiger partial charge in [-0.15, -0.1) is 0 Å². The van der Waals surface area contributed by atoms with Crippen molar-refractivity contribution in [2.24, 2.45) is 0 Å². The first-order valence-corrected chi connectivity index (χ1v) is 6.83. The molecule has 2 heterocycles. The molecule has 0 aliphatic carbocycles. The highest BCUT2D eigenvalue weighted by molar-refractivity contribution is 6.30. The van der Waals surface area contributed by atoms with E-state index in [0.717, 1.165) is 18.7 Å². The topological polar surface area (TPSA) is 42.2 Å². The zero-order valence-electron chi connectivity index (χ0n) is 10.8. The zero-order chi connectivity index (χ0) is 13.4. The van der Waals surface area contributed by atoms with Crippen LogP contribution in [-0.2, 0) is 6.42 Å². The smallest absolute Gasteiger partial charge is 0.156 e. The van der Waals surface area contributed by atoms with Gasteiger partial charge < -0.3 is 10.6 Å². The van der Waals surface area contributed by atoms with E-state index in [1.54, 1.807) is 12.3 Å². The van der Waals surface area contributed by atoms with Crippen molar-refractivity contribution in [1.82, 2.24) is 4.98 Å². The fraction of sp³-hybridized carbons (Fsp3) is 0.267. The highest BCUT2D eigenvalue weighted by Crippen LogP contribution is 2.38. The Morgan fingerprint density at radius 2 is 2.16 bits per heavy atom. The minimum atomic E-state index is 0.380. The number of nitrogen functional groups attached to an aromatic ring is 1. The lowest BCUT2D eigenvalue weighted by Crippen LogP contribution is -2.34. The van der Waals surface area contributed by atoms with E-state index in [2.05, 4.69) is 41.1 Å². The summed E-state index contributed by atoms with van der Waals surface area (Å²) in [6.45, 7) is 2.20. The first-order valence-electron chi connectivity index (χ1n) is 6.45. The lowest BCUT2D eigenvalue weighted by atomic mass is 9.96. The molecule has 1 aromatic heterocycles. The maximum Gasteiger partial charge on any atom is 0.156 e. The Kier molecular flexibility index (Phi) is 3.07. The van der Waals surface area contributed by atoms with Crippen LogP contribution in [-0.4, -0.2) is 11.0 Å². The Hall–Kier alpha value is -1.74. The van der Waals surface area contributed by atoms with Crippen LogP contribution in [0.2, 0.25) is 5.02 Å². The average molecular weight is 274 g/mol. The number of halogens is 1. The van der Waals surface area contributed by atoms with E-state index in [0.29, 0.717) is 16.8 Å². The molecule has 0 radical (unpaired) electrons. The van der Waals surface area contributed by atoms with Crippen molar-refractivity contribution in [2.75, 3.05) is 10.6 Å². The van der Waals surface area contributed by atoms with Crippen LogP contribution < -0.4 is 10.6 Å². The predicted octanol–water partition coefficient (Wildman–Crippen LogP) is 3.79. The van der Waals surface area contributed by atoms with Crippen molar-refractivity contribution in [1.29, 1.82) is 0 Å². The van der Waals surface area contributed by atoms with Gasteiger partial charge >= 0.3 is 0 Å². The number of hydrogen-bond donors (Lipinski definition) is 1. The number of para-hydroxylation sites is 1. The Labute approximate surface area is 118 Å². The zero-order valence-corrected chi connectivity index (χ0v) is 11.6. The Balaban J connectivity index is 2.13. The summed E-state index contributed by atoms with van der Waals surface area (Å²) in [5, 5.41) is 0.569. The van der Waals surface area contributed by atoms with Crippen molar-refractivity contribution >= 4 is 28.8 Å². The minimum Gasteiger partial charge on any atom is -0.396 e. The molecule has 3 rings (SSSR count). The molecule has 4 heteroatoms. The lowest BCUT2D eigenvalue weighted by molar-refractivity contribution is 0.614. The molecule has 1 unspecified atom stereocenters. The number of anilines is 3. The lowest BCUT2D eigenvalue weighted by Gasteiger charge is -2.36. The Morgan fingerprint density at radius 1 is 1.37 bits per heavy atom. The second-order valence-corrected chi connectivity index (χ2v) is 5.39. The summed E-state index contributed by atoms with van der Waals surface area (Å²) in [4.78, 5) is 6.63. The van der Waals surface area contributed by atoms with Crippen molar-refractivity contribution in [3.05, 3.63) is 47.1 Å². The SMILES string of the molecule is CC1CCc2ccccc2N1c1ncc(Cl)cc1N. The number of aromatic nitrogens is 1. The summed E-state index contributed by atoms with van der Waals surface area (Å²) < 4.78 is 0. The molecule has 3 nitrogen and oxygen atoms in total. The average Bonchev–Trinajstić information content (AvgIpc) is 2.40. The van der Waals surface area contributed by atoms with Crippen LogP contribution in [0.1, 0.15) is 18.9 Å². The Morgan fingerprint density at radius 3 is 2.95 bits per heavy atom. The number of aryl methyl sites for hydroxylation is 1. The molecule has 0 saturated heterocycles. The molecule has 2 aromatic rings. The van der Waals surface area contributed by atoms with Crippen molar-refractivity contribution in [3.8, 4) is 0 Å². The summed E-state index contributed by atoms with van der Waals surface area (Å²) >= 11 is 5.93. The van der Waals surface area contributed by atoms with Crippen molar-refractivity contribution in [3.63, 3.8) is 0 Å². The molecule has 1 aliphatic rings. The minimum absolute atomic E-state index is 0.380. The molecule has 19 heavy (non-hydrogen) atoms. The summed E-state index contributed by atoms with van der Waals surface area (Å²) in [6, 6.07) is 10.6. The molecule has 2 N–H and O–H groups in total. The summed E-state index contributed by atoms with van der Waals surface area (Å²) in [5.41, 5.74) is 9.25. The summed E-state index contributed by atoms with van der Waals surface area (Å²) in [5.74, 6) is 0.795. The third-order valence-electron chi connectivity index (χ3n) is 3.61. The van der Waals surface area contributed by atoms with Crippen LogP contribution in [0, 0.1) is 0 Å². The van der Waals surface area contributed by atoms with Gasteiger partial charge in [0.2, 0.25) is 0 Å². The van der Waals surface area contributed by atoms with Gasteiger partial charge in [0.25, 0.3) is 0 Å². The molecule has 1 aromatic carbocycles. The first-order chi connectivity index (χ1) is 9.16. The van der Waals surface area contributed by atoms with Crippen LogP contribution >= 0.6 is 11.6 Å². The van der Waals surface area contributed by atoms with Gasteiger partial charge in [0.1, 0.15) is 0 Å². The highest BCUT2D eigenvalue weighted by atomic mass is 35.5. The normalized spacial score (nSPS) is 18.2. The molecule has 0 amide bonds. The van der Waals surface area contributed by atoms with Gasteiger partial charge in [-0.2, -0.15) is 0 Å². The molecule has 98 valence electrons. The van der Waals surface area contributed by atoms with E-state index in [4.69, 9.17) is 17.3 Å².